The molecule has 2 N–H and O–H groups in total. The van der Waals surface area contributed by atoms with Gasteiger partial charge in [0.2, 0.25) is 10.0 Å². The van der Waals surface area contributed by atoms with Crippen molar-refractivity contribution < 1.29 is 13.2 Å². The van der Waals surface area contributed by atoms with E-state index >= 15 is 0 Å². The molecule has 0 spiro atoms. The fraction of sp³-hybridized carbons (Fsp3) is 0.714. The lowest BCUT2D eigenvalue weighted by molar-refractivity contribution is 0.0173. The van der Waals surface area contributed by atoms with Gasteiger partial charge >= 0.3 is 0 Å². The van der Waals surface area contributed by atoms with E-state index in [9.17, 15) is 8.42 Å². The third-order valence-corrected chi connectivity index (χ3v) is 6.06. The molecule has 21 heavy (non-hydrogen) atoms. The van der Waals surface area contributed by atoms with Crippen LogP contribution in [0.4, 0.5) is 0 Å². The lowest BCUT2D eigenvalue weighted by Crippen LogP contribution is -2.41. The molecule has 5 nitrogen and oxygen atoms in total. The minimum absolute atomic E-state index is 0.0275. The molecule has 2 atom stereocenters. The fourth-order valence-corrected chi connectivity index (χ4v) is 4.90. The van der Waals surface area contributed by atoms with Crippen LogP contribution in [0.3, 0.4) is 0 Å². The van der Waals surface area contributed by atoms with Crippen LogP contribution in [0.1, 0.15) is 38.0 Å². The predicted octanol–water partition coefficient (Wildman–Crippen LogP) is 2.09. The third kappa shape index (κ3) is 5.03. The summed E-state index contributed by atoms with van der Waals surface area (Å²) in [6, 6.07) is 1.73. The average molecular weight is 332 g/mol. The normalized spacial score (nSPS) is 23.3. The van der Waals surface area contributed by atoms with Crippen LogP contribution in [0.25, 0.3) is 0 Å². The Morgan fingerprint density at radius 1 is 1.48 bits per heavy atom. The summed E-state index contributed by atoms with van der Waals surface area (Å²) in [4.78, 5) is 1.42. The molecule has 0 amide bonds. The van der Waals surface area contributed by atoms with Crippen LogP contribution >= 0.6 is 11.3 Å². The van der Waals surface area contributed by atoms with Crippen LogP contribution in [-0.2, 0) is 21.3 Å². The van der Waals surface area contributed by atoms with Crippen LogP contribution in [-0.4, -0.2) is 33.7 Å². The Labute approximate surface area is 131 Å². The number of ether oxygens (including phenoxy) is 1. The maximum absolute atomic E-state index is 12.4. The monoisotopic (exact) mass is 332 g/mol. The largest absolute Gasteiger partial charge is 0.378 e. The first-order valence-electron chi connectivity index (χ1n) is 7.43. The summed E-state index contributed by atoms with van der Waals surface area (Å²) in [6.45, 7) is 6.36. The van der Waals surface area contributed by atoms with Crippen molar-refractivity contribution in [1.29, 1.82) is 0 Å². The second-order valence-electron chi connectivity index (χ2n) is 5.45. The smallest absolute Gasteiger partial charge is 0.241 e. The number of rotatable bonds is 7. The summed E-state index contributed by atoms with van der Waals surface area (Å²) in [5, 5.41) is 5.00. The highest BCUT2D eigenvalue weighted by Crippen LogP contribution is 2.21. The minimum atomic E-state index is -3.42. The number of hydrogen-bond donors (Lipinski definition) is 2. The molecule has 1 aliphatic heterocycles. The van der Waals surface area contributed by atoms with E-state index in [0.717, 1.165) is 37.2 Å². The molecular formula is C14H24N2O3S2. The number of hydrogen-bond acceptors (Lipinski definition) is 5. The first-order chi connectivity index (χ1) is 10.0. The molecular weight excluding hydrogens is 308 g/mol. The molecule has 1 saturated heterocycles. The molecule has 2 rings (SSSR count). The van der Waals surface area contributed by atoms with Crippen molar-refractivity contribution in [3.63, 3.8) is 0 Å². The molecule has 1 aromatic heterocycles. The highest BCUT2D eigenvalue weighted by atomic mass is 32.2. The molecule has 2 unspecified atom stereocenters. The second-order valence-corrected chi connectivity index (χ2v) is 8.16. The summed E-state index contributed by atoms with van der Waals surface area (Å²) in [5.74, 6) is 0. The molecule has 1 aliphatic rings. The van der Waals surface area contributed by atoms with Crippen LogP contribution in [0.2, 0.25) is 0 Å². The Kier molecular flexibility index (Phi) is 6.19. The molecule has 0 saturated carbocycles. The van der Waals surface area contributed by atoms with E-state index in [0.29, 0.717) is 11.5 Å². The SMILES string of the molecule is CCCNCc1cc(S(=O)(=O)NC2CCOC(C)C2)cs1. The molecule has 0 aromatic carbocycles. The maximum Gasteiger partial charge on any atom is 0.241 e. The van der Waals surface area contributed by atoms with Gasteiger partial charge < -0.3 is 10.1 Å². The highest BCUT2D eigenvalue weighted by molar-refractivity contribution is 7.89. The van der Waals surface area contributed by atoms with E-state index in [1.54, 1.807) is 11.4 Å². The summed E-state index contributed by atoms with van der Waals surface area (Å²) < 4.78 is 33.0. The molecule has 0 bridgehead atoms. The van der Waals surface area contributed by atoms with E-state index in [-0.39, 0.29) is 12.1 Å². The first-order valence-corrected chi connectivity index (χ1v) is 9.79. The van der Waals surface area contributed by atoms with Gasteiger partial charge in [-0.1, -0.05) is 6.92 Å². The third-order valence-electron chi connectivity index (χ3n) is 3.47. The van der Waals surface area contributed by atoms with Gasteiger partial charge in [0.1, 0.15) is 0 Å². The van der Waals surface area contributed by atoms with Gasteiger partial charge in [-0.2, -0.15) is 0 Å². The van der Waals surface area contributed by atoms with Crippen LogP contribution < -0.4 is 10.0 Å². The van der Waals surface area contributed by atoms with E-state index in [4.69, 9.17) is 4.74 Å². The molecule has 7 heteroatoms. The van der Waals surface area contributed by atoms with Crippen molar-refractivity contribution >= 4 is 21.4 Å². The zero-order chi connectivity index (χ0) is 15.3. The average Bonchev–Trinajstić information content (AvgIpc) is 2.88. The first kappa shape index (κ1) is 16.9. The Morgan fingerprint density at radius 2 is 2.29 bits per heavy atom. The minimum Gasteiger partial charge on any atom is -0.378 e. The van der Waals surface area contributed by atoms with E-state index < -0.39 is 10.0 Å². The van der Waals surface area contributed by atoms with Gasteiger partial charge in [0.25, 0.3) is 0 Å². The predicted molar refractivity (Wildman–Crippen MR) is 85.1 cm³/mol. The fourth-order valence-electron chi connectivity index (χ4n) is 2.37. The molecule has 1 aromatic rings. The Bertz CT molecular complexity index is 542. The maximum atomic E-state index is 12.4. The van der Waals surface area contributed by atoms with Crippen LogP contribution in [0.5, 0.6) is 0 Å². The molecule has 1 fully saturated rings. The molecule has 0 radical (unpaired) electrons. The van der Waals surface area contributed by atoms with Crippen LogP contribution in [0.15, 0.2) is 16.3 Å². The number of nitrogens with one attached hydrogen (secondary N) is 2. The van der Waals surface area contributed by atoms with E-state index in [2.05, 4.69) is 17.0 Å². The van der Waals surface area contributed by atoms with Crippen molar-refractivity contribution in [3.05, 3.63) is 16.3 Å². The highest BCUT2D eigenvalue weighted by Gasteiger charge is 2.25. The topological polar surface area (TPSA) is 67.4 Å². The van der Waals surface area contributed by atoms with Gasteiger partial charge in [-0.3, -0.25) is 0 Å². The molecule has 120 valence electrons. The van der Waals surface area contributed by atoms with Crippen molar-refractivity contribution in [3.8, 4) is 0 Å². The van der Waals surface area contributed by atoms with Gasteiger partial charge in [0.15, 0.2) is 0 Å². The summed E-state index contributed by atoms with van der Waals surface area (Å²) in [6.07, 6.45) is 2.65. The summed E-state index contributed by atoms with van der Waals surface area (Å²) in [7, 11) is -3.42. The van der Waals surface area contributed by atoms with Crippen molar-refractivity contribution in [2.24, 2.45) is 0 Å². The van der Waals surface area contributed by atoms with Gasteiger partial charge in [0, 0.05) is 29.5 Å². The molecule has 2 heterocycles. The van der Waals surface area contributed by atoms with Gasteiger partial charge in [-0.25, -0.2) is 13.1 Å². The molecule has 0 aliphatic carbocycles. The van der Waals surface area contributed by atoms with Crippen molar-refractivity contribution in [2.45, 2.75) is 56.7 Å². The lowest BCUT2D eigenvalue weighted by atomic mass is 10.1. The zero-order valence-corrected chi connectivity index (χ0v) is 14.2. The van der Waals surface area contributed by atoms with Gasteiger partial charge in [0.05, 0.1) is 11.0 Å². The zero-order valence-electron chi connectivity index (χ0n) is 12.6. The number of sulfonamides is 1. The van der Waals surface area contributed by atoms with E-state index in [1.165, 1.54) is 11.3 Å². The van der Waals surface area contributed by atoms with Gasteiger partial charge in [-0.15, -0.1) is 11.3 Å². The lowest BCUT2D eigenvalue weighted by Gasteiger charge is -2.27. The van der Waals surface area contributed by atoms with Crippen molar-refractivity contribution in [1.82, 2.24) is 10.0 Å². The Hall–Kier alpha value is -0.470. The van der Waals surface area contributed by atoms with Crippen LogP contribution in [0, 0.1) is 0 Å². The van der Waals surface area contributed by atoms with Crippen molar-refractivity contribution in [2.75, 3.05) is 13.2 Å². The number of thiophene rings is 1. The summed E-state index contributed by atoms with van der Waals surface area (Å²) >= 11 is 1.48. The quantitative estimate of drug-likeness (QED) is 0.750. The summed E-state index contributed by atoms with van der Waals surface area (Å²) in [5.41, 5.74) is 0. The standard InChI is InChI=1S/C14H24N2O3S2/c1-3-5-15-9-13-8-14(10-20-13)21(17,18)16-12-4-6-19-11(2)7-12/h8,10-12,15-16H,3-7,9H2,1-2H3. The van der Waals surface area contributed by atoms with E-state index in [1.807, 2.05) is 6.92 Å². The van der Waals surface area contributed by atoms with Gasteiger partial charge in [-0.05, 0) is 38.8 Å². The Morgan fingerprint density at radius 3 is 3.00 bits per heavy atom. The Balaban J connectivity index is 1.95. The second kappa shape index (κ2) is 7.69.